The molecule has 1 amide bonds. The highest BCUT2D eigenvalue weighted by Crippen LogP contribution is 2.11. The number of benzene rings is 2. The van der Waals surface area contributed by atoms with Crippen LogP contribution >= 0.6 is 0 Å². The van der Waals surface area contributed by atoms with E-state index in [-0.39, 0.29) is 5.91 Å². The second-order valence-electron chi connectivity index (χ2n) is 7.34. The van der Waals surface area contributed by atoms with Crippen LogP contribution < -0.4 is 5.32 Å². The standard InChI is InChI=1S/C24H32N2O4/c1-2-28-13-14-30-19-22-7-3-5-20(15-22)17-25-24(27)23-8-4-6-21(16-23)18-26-9-11-29-12-10-26/h3-8,15-16H,2,9-14,17-19H2,1H3,(H,25,27). The van der Waals surface area contributed by atoms with Gasteiger partial charge in [0.15, 0.2) is 0 Å². The van der Waals surface area contributed by atoms with E-state index >= 15 is 0 Å². The molecular weight excluding hydrogens is 380 g/mol. The molecule has 0 atom stereocenters. The van der Waals surface area contributed by atoms with Gasteiger partial charge in [-0.2, -0.15) is 0 Å². The van der Waals surface area contributed by atoms with Gasteiger partial charge in [-0.15, -0.1) is 0 Å². The third-order valence-corrected chi connectivity index (χ3v) is 4.99. The van der Waals surface area contributed by atoms with Crippen molar-refractivity contribution in [2.75, 3.05) is 46.1 Å². The summed E-state index contributed by atoms with van der Waals surface area (Å²) in [6.07, 6.45) is 0. The molecule has 2 aromatic carbocycles. The maximum Gasteiger partial charge on any atom is 0.251 e. The average Bonchev–Trinajstić information content (AvgIpc) is 2.78. The largest absolute Gasteiger partial charge is 0.379 e. The van der Waals surface area contributed by atoms with Gasteiger partial charge in [-0.1, -0.05) is 36.4 Å². The summed E-state index contributed by atoms with van der Waals surface area (Å²) >= 11 is 0. The minimum atomic E-state index is -0.0582. The van der Waals surface area contributed by atoms with Crippen LogP contribution in [0.5, 0.6) is 0 Å². The molecule has 1 saturated heterocycles. The van der Waals surface area contributed by atoms with Crippen LogP contribution in [0.4, 0.5) is 0 Å². The van der Waals surface area contributed by atoms with Gasteiger partial charge in [-0.05, 0) is 35.7 Å². The number of nitrogens with one attached hydrogen (secondary N) is 1. The molecule has 6 nitrogen and oxygen atoms in total. The summed E-state index contributed by atoms with van der Waals surface area (Å²) in [5.41, 5.74) is 3.98. The summed E-state index contributed by atoms with van der Waals surface area (Å²) in [7, 11) is 0. The van der Waals surface area contributed by atoms with E-state index in [0.717, 1.165) is 49.5 Å². The van der Waals surface area contributed by atoms with Gasteiger partial charge in [0.05, 0.1) is 33.0 Å². The van der Waals surface area contributed by atoms with Crippen molar-refractivity contribution < 1.29 is 19.0 Å². The summed E-state index contributed by atoms with van der Waals surface area (Å²) < 4.78 is 16.3. The summed E-state index contributed by atoms with van der Waals surface area (Å²) in [4.78, 5) is 15.0. The minimum Gasteiger partial charge on any atom is -0.379 e. The number of carbonyl (C=O) groups is 1. The van der Waals surface area contributed by atoms with E-state index in [1.807, 2.05) is 43.3 Å². The van der Waals surface area contributed by atoms with Crippen molar-refractivity contribution in [3.05, 3.63) is 70.8 Å². The molecule has 0 aromatic heterocycles. The Bertz CT molecular complexity index is 790. The molecule has 30 heavy (non-hydrogen) atoms. The van der Waals surface area contributed by atoms with Crippen molar-refractivity contribution in [3.8, 4) is 0 Å². The van der Waals surface area contributed by atoms with Crippen LogP contribution in [0.25, 0.3) is 0 Å². The van der Waals surface area contributed by atoms with E-state index < -0.39 is 0 Å². The van der Waals surface area contributed by atoms with Crippen molar-refractivity contribution in [2.24, 2.45) is 0 Å². The maximum absolute atomic E-state index is 12.6. The van der Waals surface area contributed by atoms with Gasteiger partial charge >= 0.3 is 0 Å². The quantitative estimate of drug-likeness (QED) is 0.575. The molecule has 1 N–H and O–H groups in total. The number of rotatable bonds is 11. The smallest absolute Gasteiger partial charge is 0.251 e. The molecule has 1 aliphatic heterocycles. The Morgan fingerprint density at radius 2 is 1.73 bits per heavy atom. The molecule has 0 bridgehead atoms. The fraction of sp³-hybridized carbons (Fsp3) is 0.458. The number of nitrogens with zero attached hydrogens (tertiary/aromatic N) is 1. The molecule has 1 heterocycles. The van der Waals surface area contributed by atoms with Crippen LogP contribution in [0.2, 0.25) is 0 Å². The predicted octanol–water partition coefficient (Wildman–Crippen LogP) is 3.00. The zero-order chi connectivity index (χ0) is 21.0. The lowest BCUT2D eigenvalue weighted by atomic mass is 10.1. The highest BCUT2D eigenvalue weighted by atomic mass is 16.5. The van der Waals surface area contributed by atoms with E-state index in [9.17, 15) is 4.79 Å². The first kappa shape index (κ1) is 22.4. The molecule has 2 aromatic rings. The van der Waals surface area contributed by atoms with Crippen LogP contribution in [0.3, 0.4) is 0 Å². The number of morpholine rings is 1. The fourth-order valence-corrected chi connectivity index (χ4v) is 3.39. The van der Waals surface area contributed by atoms with Crippen molar-refractivity contribution in [3.63, 3.8) is 0 Å². The summed E-state index contributed by atoms with van der Waals surface area (Å²) in [6, 6.07) is 16.0. The molecular formula is C24H32N2O4. The molecule has 0 aliphatic carbocycles. The molecule has 6 heteroatoms. The first-order valence-corrected chi connectivity index (χ1v) is 10.6. The van der Waals surface area contributed by atoms with E-state index in [2.05, 4.69) is 22.3 Å². The molecule has 1 aliphatic rings. The highest BCUT2D eigenvalue weighted by molar-refractivity contribution is 5.94. The lowest BCUT2D eigenvalue weighted by Crippen LogP contribution is -2.35. The van der Waals surface area contributed by atoms with Gasteiger partial charge in [-0.3, -0.25) is 9.69 Å². The van der Waals surface area contributed by atoms with Crippen molar-refractivity contribution in [1.29, 1.82) is 0 Å². The van der Waals surface area contributed by atoms with Gasteiger partial charge in [0.2, 0.25) is 0 Å². The second kappa shape index (κ2) is 12.4. The van der Waals surface area contributed by atoms with Gasteiger partial charge in [-0.25, -0.2) is 0 Å². The molecule has 0 spiro atoms. The summed E-state index contributed by atoms with van der Waals surface area (Å²) in [5.74, 6) is -0.0582. The van der Waals surface area contributed by atoms with Crippen LogP contribution in [0.15, 0.2) is 48.5 Å². The molecule has 0 unspecified atom stereocenters. The molecule has 162 valence electrons. The molecule has 0 radical (unpaired) electrons. The van der Waals surface area contributed by atoms with Crippen LogP contribution in [0.1, 0.15) is 34.0 Å². The topological polar surface area (TPSA) is 60.0 Å². The van der Waals surface area contributed by atoms with Crippen molar-refractivity contribution in [1.82, 2.24) is 10.2 Å². The first-order valence-electron chi connectivity index (χ1n) is 10.6. The third kappa shape index (κ3) is 7.54. The molecule has 0 saturated carbocycles. The van der Waals surface area contributed by atoms with E-state index in [4.69, 9.17) is 14.2 Å². The number of ether oxygens (including phenoxy) is 3. The third-order valence-electron chi connectivity index (χ3n) is 4.99. The lowest BCUT2D eigenvalue weighted by molar-refractivity contribution is 0.0342. The zero-order valence-electron chi connectivity index (χ0n) is 17.8. The van der Waals surface area contributed by atoms with Crippen molar-refractivity contribution >= 4 is 5.91 Å². The van der Waals surface area contributed by atoms with E-state index in [0.29, 0.717) is 38.5 Å². The predicted molar refractivity (Wildman–Crippen MR) is 116 cm³/mol. The number of hydrogen-bond donors (Lipinski definition) is 1. The Balaban J connectivity index is 1.48. The minimum absolute atomic E-state index is 0.0582. The van der Waals surface area contributed by atoms with E-state index in [1.54, 1.807) is 0 Å². The Morgan fingerprint density at radius 1 is 1.00 bits per heavy atom. The van der Waals surface area contributed by atoms with Gasteiger partial charge in [0.1, 0.15) is 0 Å². The van der Waals surface area contributed by atoms with Crippen LogP contribution in [0, 0.1) is 0 Å². The van der Waals surface area contributed by atoms with Gasteiger partial charge in [0, 0.05) is 38.3 Å². The van der Waals surface area contributed by atoms with Crippen LogP contribution in [-0.4, -0.2) is 56.9 Å². The SMILES string of the molecule is CCOCCOCc1cccc(CNC(=O)c2cccc(CN3CCOCC3)c2)c1. The lowest BCUT2D eigenvalue weighted by Gasteiger charge is -2.26. The maximum atomic E-state index is 12.6. The van der Waals surface area contributed by atoms with Gasteiger partial charge < -0.3 is 19.5 Å². The normalized spacial score (nSPS) is 14.6. The molecule has 3 rings (SSSR count). The number of carbonyl (C=O) groups excluding carboxylic acids is 1. The fourth-order valence-electron chi connectivity index (χ4n) is 3.39. The van der Waals surface area contributed by atoms with Crippen LogP contribution in [-0.2, 0) is 33.9 Å². The number of hydrogen-bond acceptors (Lipinski definition) is 5. The monoisotopic (exact) mass is 412 g/mol. The first-order chi connectivity index (χ1) is 14.7. The Hall–Kier alpha value is -2.25. The zero-order valence-corrected chi connectivity index (χ0v) is 17.8. The highest BCUT2D eigenvalue weighted by Gasteiger charge is 2.12. The summed E-state index contributed by atoms with van der Waals surface area (Å²) in [5, 5.41) is 3.02. The van der Waals surface area contributed by atoms with E-state index in [1.165, 1.54) is 0 Å². The van der Waals surface area contributed by atoms with Gasteiger partial charge in [0.25, 0.3) is 5.91 Å². The Kier molecular flexibility index (Phi) is 9.31. The molecule has 1 fully saturated rings. The Labute approximate surface area is 179 Å². The Morgan fingerprint density at radius 3 is 2.57 bits per heavy atom. The summed E-state index contributed by atoms with van der Waals surface area (Å²) in [6.45, 7) is 9.14. The second-order valence-corrected chi connectivity index (χ2v) is 7.34. The van der Waals surface area contributed by atoms with Crippen molar-refractivity contribution in [2.45, 2.75) is 26.6 Å². The average molecular weight is 413 g/mol. The number of amides is 1.